The van der Waals surface area contributed by atoms with Gasteiger partial charge in [-0.05, 0) is 29.8 Å². The zero-order valence-electron chi connectivity index (χ0n) is 10.9. The van der Waals surface area contributed by atoms with Gasteiger partial charge in [0.2, 0.25) is 0 Å². The summed E-state index contributed by atoms with van der Waals surface area (Å²) in [5, 5.41) is 10.1. The number of aromatic nitrogens is 1. The molecule has 3 rings (SSSR count). The van der Waals surface area contributed by atoms with Gasteiger partial charge in [0, 0.05) is 17.4 Å². The van der Waals surface area contributed by atoms with E-state index in [0.29, 0.717) is 5.56 Å². The second-order valence-corrected chi connectivity index (χ2v) is 4.73. The van der Waals surface area contributed by atoms with E-state index in [4.69, 9.17) is 0 Å². The first kappa shape index (κ1) is 13.3. The number of carboxylic acids is 1. The lowest BCUT2D eigenvalue weighted by atomic mass is 10.2. The number of rotatable bonds is 3. The SMILES string of the molecule is O=C(O)c1cc2ccccc2n1Cc1ccc(F)c(F)c1. The molecule has 1 N–H and O–H groups in total. The summed E-state index contributed by atoms with van der Waals surface area (Å²) in [6.45, 7) is 0.159. The molecule has 0 bridgehead atoms. The van der Waals surface area contributed by atoms with Crippen LogP contribution in [0.15, 0.2) is 48.5 Å². The first-order valence-electron chi connectivity index (χ1n) is 6.32. The van der Waals surface area contributed by atoms with Crippen LogP contribution >= 0.6 is 0 Å². The molecule has 1 aromatic heterocycles. The second-order valence-electron chi connectivity index (χ2n) is 4.73. The zero-order chi connectivity index (χ0) is 15.0. The average Bonchev–Trinajstić information content (AvgIpc) is 2.82. The Balaban J connectivity index is 2.12. The highest BCUT2D eigenvalue weighted by Gasteiger charge is 2.15. The highest BCUT2D eigenvalue weighted by Crippen LogP contribution is 2.22. The van der Waals surface area contributed by atoms with E-state index in [1.807, 2.05) is 12.1 Å². The minimum Gasteiger partial charge on any atom is -0.477 e. The van der Waals surface area contributed by atoms with Gasteiger partial charge < -0.3 is 9.67 Å². The van der Waals surface area contributed by atoms with E-state index in [0.717, 1.165) is 23.0 Å². The molecule has 0 fully saturated rings. The molecule has 0 spiro atoms. The van der Waals surface area contributed by atoms with Gasteiger partial charge in [0.25, 0.3) is 0 Å². The minimum absolute atomic E-state index is 0.112. The number of nitrogens with zero attached hydrogens (tertiary/aromatic N) is 1. The molecule has 0 saturated heterocycles. The van der Waals surface area contributed by atoms with Crippen molar-refractivity contribution in [1.82, 2.24) is 4.57 Å². The lowest BCUT2D eigenvalue weighted by Gasteiger charge is -2.09. The summed E-state index contributed by atoms with van der Waals surface area (Å²) in [6.07, 6.45) is 0. The third kappa shape index (κ3) is 2.38. The van der Waals surface area contributed by atoms with Gasteiger partial charge in [-0.15, -0.1) is 0 Å². The predicted molar refractivity (Wildman–Crippen MR) is 74.4 cm³/mol. The first-order chi connectivity index (χ1) is 10.1. The fraction of sp³-hybridized carbons (Fsp3) is 0.0625. The Labute approximate surface area is 119 Å². The number of aromatic carboxylic acids is 1. The summed E-state index contributed by atoms with van der Waals surface area (Å²) in [5.74, 6) is -2.93. The Morgan fingerprint density at radius 2 is 1.81 bits per heavy atom. The second kappa shape index (κ2) is 5.01. The van der Waals surface area contributed by atoms with E-state index in [-0.39, 0.29) is 12.2 Å². The molecule has 3 aromatic rings. The fourth-order valence-electron chi connectivity index (χ4n) is 2.38. The Kier molecular flexibility index (Phi) is 3.17. The summed E-state index contributed by atoms with van der Waals surface area (Å²) in [5.41, 5.74) is 1.35. The van der Waals surface area contributed by atoms with E-state index in [9.17, 15) is 18.7 Å². The van der Waals surface area contributed by atoms with Crippen LogP contribution in [0.2, 0.25) is 0 Å². The lowest BCUT2D eigenvalue weighted by molar-refractivity contribution is 0.0686. The van der Waals surface area contributed by atoms with Gasteiger partial charge in [0.05, 0.1) is 0 Å². The van der Waals surface area contributed by atoms with Crippen LogP contribution in [0.4, 0.5) is 8.78 Å². The zero-order valence-corrected chi connectivity index (χ0v) is 10.9. The van der Waals surface area contributed by atoms with Crippen molar-refractivity contribution < 1.29 is 18.7 Å². The number of hydrogen-bond donors (Lipinski definition) is 1. The van der Waals surface area contributed by atoms with E-state index < -0.39 is 17.6 Å². The van der Waals surface area contributed by atoms with Crippen LogP contribution in [0.25, 0.3) is 10.9 Å². The summed E-state index contributed by atoms with van der Waals surface area (Å²) in [6, 6.07) is 12.3. The molecule has 2 aromatic carbocycles. The summed E-state index contributed by atoms with van der Waals surface area (Å²) < 4.78 is 27.8. The van der Waals surface area contributed by atoms with Gasteiger partial charge >= 0.3 is 5.97 Å². The quantitative estimate of drug-likeness (QED) is 0.798. The monoisotopic (exact) mass is 287 g/mol. The van der Waals surface area contributed by atoms with Crippen molar-refractivity contribution in [3.05, 3.63) is 71.4 Å². The van der Waals surface area contributed by atoms with Crippen molar-refractivity contribution in [2.24, 2.45) is 0 Å². The Hall–Kier alpha value is -2.69. The van der Waals surface area contributed by atoms with Gasteiger partial charge in [-0.2, -0.15) is 0 Å². The molecule has 106 valence electrons. The summed E-state index contributed by atoms with van der Waals surface area (Å²) >= 11 is 0. The van der Waals surface area contributed by atoms with Crippen molar-refractivity contribution in [3.8, 4) is 0 Å². The molecule has 0 amide bonds. The van der Waals surface area contributed by atoms with Crippen LogP contribution < -0.4 is 0 Å². The number of carboxylic acid groups (broad SMARTS) is 1. The molecule has 0 aliphatic carbocycles. The van der Waals surface area contributed by atoms with Crippen molar-refractivity contribution in [2.75, 3.05) is 0 Å². The lowest BCUT2D eigenvalue weighted by Crippen LogP contribution is -2.09. The highest BCUT2D eigenvalue weighted by molar-refractivity contribution is 5.94. The number of fused-ring (bicyclic) bond motifs is 1. The molecule has 3 nitrogen and oxygen atoms in total. The molecule has 1 heterocycles. The van der Waals surface area contributed by atoms with Gasteiger partial charge in [-0.3, -0.25) is 0 Å². The predicted octanol–water partition coefficient (Wildman–Crippen LogP) is 3.67. The van der Waals surface area contributed by atoms with Gasteiger partial charge in [-0.1, -0.05) is 24.3 Å². The molecule has 0 aliphatic heterocycles. The standard InChI is InChI=1S/C16H11F2NO2/c17-12-6-5-10(7-13(12)18)9-19-14-4-2-1-3-11(14)8-15(19)16(20)21/h1-8H,9H2,(H,20,21). The maximum absolute atomic E-state index is 13.3. The van der Waals surface area contributed by atoms with Gasteiger partial charge in [0.15, 0.2) is 11.6 Å². The largest absolute Gasteiger partial charge is 0.477 e. The van der Waals surface area contributed by atoms with Crippen LogP contribution in [0, 0.1) is 11.6 Å². The number of hydrogen-bond acceptors (Lipinski definition) is 1. The van der Waals surface area contributed by atoms with Crippen molar-refractivity contribution in [1.29, 1.82) is 0 Å². The van der Waals surface area contributed by atoms with Crippen molar-refractivity contribution >= 4 is 16.9 Å². The van der Waals surface area contributed by atoms with Crippen LogP contribution in [-0.2, 0) is 6.54 Å². The molecule has 0 radical (unpaired) electrons. The molecule has 0 atom stereocenters. The minimum atomic E-state index is -1.06. The van der Waals surface area contributed by atoms with Gasteiger partial charge in [0.1, 0.15) is 5.69 Å². The molecule has 0 aliphatic rings. The fourth-order valence-corrected chi connectivity index (χ4v) is 2.38. The number of halogens is 2. The van der Waals surface area contributed by atoms with Crippen LogP contribution in [0.1, 0.15) is 16.1 Å². The molecule has 21 heavy (non-hydrogen) atoms. The smallest absolute Gasteiger partial charge is 0.352 e. The Morgan fingerprint density at radius 1 is 1.05 bits per heavy atom. The van der Waals surface area contributed by atoms with Crippen molar-refractivity contribution in [3.63, 3.8) is 0 Å². The number of para-hydroxylation sites is 1. The van der Waals surface area contributed by atoms with Crippen LogP contribution in [0.3, 0.4) is 0 Å². The summed E-state index contributed by atoms with van der Waals surface area (Å²) in [4.78, 5) is 11.3. The molecular weight excluding hydrogens is 276 g/mol. The van der Waals surface area contributed by atoms with Crippen LogP contribution in [0.5, 0.6) is 0 Å². The van der Waals surface area contributed by atoms with Crippen LogP contribution in [-0.4, -0.2) is 15.6 Å². The number of benzene rings is 2. The molecule has 5 heteroatoms. The first-order valence-corrected chi connectivity index (χ1v) is 6.32. The van der Waals surface area contributed by atoms with Gasteiger partial charge in [-0.25, -0.2) is 13.6 Å². The molecule has 0 saturated carbocycles. The van der Waals surface area contributed by atoms with E-state index in [1.165, 1.54) is 6.07 Å². The Bertz CT molecular complexity index is 839. The third-order valence-corrected chi connectivity index (χ3v) is 3.35. The maximum Gasteiger partial charge on any atom is 0.352 e. The average molecular weight is 287 g/mol. The third-order valence-electron chi connectivity index (χ3n) is 3.35. The normalized spacial score (nSPS) is 11.0. The van der Waals surface area contributed by atoms with Crippen molar-refractivity contribution in [2.45, 2.75) is 6.54 Å². The topological polar surface area (TPSA) is 42.2 Å². The molecule has 0 unspecified atom stereocenters. The highest BCUT2D eigenvalue weighted by atomic mass is 19.2. The Morgan fingerprint density at radius 3 is 2.52 bits per heavy atom. The van der Waals surface area contributed by atoms with E-state index in [1.54, 1.807) is 22.8 Å². The number of carbonyl (C=O) groups is 1. The van der Waals surface area contributed by atoms with E-state index in [2.05, 4.69) is 0 Å². The molecular formula is C16H11F2NO2. The summed E-state index contributed by atoms with van der Waals surface area (Å²) in [7, 11) is 0. The van der Waals surface area contributed by atoms with E-state index >= 15 is 0 Å². The maximum atomic E-state index is 13.3.